The fraction of sp³-hybridized carbons (Fsp3) is 0.0909. The minimum absolute atomic E-state index is 0.272. The third-order valence-electron chi connectivity index (χ3n) is 2.34. The molecule has 2 rings (SSSR count). The van der Waals surface area contributed by atoms with Gasteiger partial charge in [0.05, 0.1) is 10.7 Å². The monoisotopic (exact) mass is 250 g/mol. The molecule has 6 heteroatoms. The first-order chi connectivity index (χ1) is 8.08. The fourth-order valence-electron chi connectivity index (χ4n) is 1.41. The highest BCUT2D eigenvalue weighted by Gasteiger charge is 2.10. The van der Waals surface area contributed by atoms with Crippen LogP contribution in [0.3, 0.4) is 0 Å². The summed E-state index contributed by atoms with van der Waals surface area (Å²) < 4.78 is 0. The first kappa shape index (κ1) is 11.5. The Morgan fingerprint density at radius 3 is 2.94 bits per heavy atom. The number of H-pyrrole nitrogens is 1. The van der Waals surface area contributed by atoms with Crippen LogP contribution in [0.2, 0.25) is 5.02 Å². The van der Waals surface area contributed by atoms with Gasteiger partial charge >= 0.3 is 0 Å². The Balaban J connectivity index is 2.25. The molecule has 0 unspecified atom stereocenters. The molecule has 0 aliphatic carbocycles. The molecule has 1 amide bonds. The van der Waals surface area contributed by atoms with E-state index in [1.165, 1.54) is 6.20 Å². The first-order valence-corrected chi connectivity index (χ1v) is 5.32. The zero-order chi connectivity index (χ0) is 12.4. The molecule has 0 spiro atoms. The number of halogens is 1. The van der Waals surface area contributed by atoms with Crippen molar-refractivity contribution in [1.82, 2.24) is 10.2 Å². The van der Waals surface area contributed by atoms with Crippen LogP contribution in [-0.2, 0) is 0 Å². The van der Waals surface area contributed by atoms with Gasteiger partial charge in [0.25, 0.3) is 5.91 Å². The van der Waals surface area contributed by atoms with Gasteiger partial charge in [0.1, 0.15) is 5.69 Å². The molecule has 0 aliphatic heterocycles. The Morgan fingerprint density at radius 2 is 2.29 bits per heavy atom. The van der Waals surface area contributed by atoms with Crippen LogP contribution in [-0.4, -0.2) is 16.1 Å². The summed E-state index contributed by atoms with van der Waals surface area (Å²) in [5.74, 6) is -0.272. The number of carbonyl (C=O) groups is 1. The molecular weight excluding hydrogens is 240 g/mol. The second-order valence-electron chi connectivity index (χ2n) is 3.61. The highest BCUT2D eigenvalue weighted by Crippen LogP contribution is 2.26. The third-order valence-corrected chi connectivity index (χ3v) is 2.66. The minimum atomic E-state index is -0.272. The van der Waals surface area contributed by atoms with Crippen molar-refractivity contribution in [2.75, 3.05) is 11.1 Å². The maximum atomic E-state index is 11.8. The minimum Gasteiger partial charge on any atom is -0.398 e. The SMILES string of the molecule is Cc1cc(N)c(Cl)cc1NC(=O)c1ccn[nH]1. The smallest absolute Gasteiger partial charge is 0.273 e. The molecule has 2 aromatic rings. The van der Waals surface area contributed by atoms with Crippen molar-refractivity contribution in [2.45, 2.75) is 6.92 Å². The van der Waals surface area contributed by atoms with E-state index in [2.05, 4.69) is 15.5 Å². The van der Waals surface area contributed by atoms with Gasteiger partial charge in [-0.1, -0.05) is 11.6 Å². The molecule has 1 heterocycles. The van der Waals surface area contributed by atoms with Crippen LogP contribution in [0.1, 0.15) is 16.1 Å². The highest BCUT2D eigenvalue weighted by atomic mass is 35.5. The molecule has 0 aliphatic rings. The van der Waals surface area contributed by atoms with Crippen molar-refractivity contribution in [2.24, 2.45) is 0 Å². The molecule has 1 aromatic heterocycles. The van der Waals surface area contributed by atoms with E-state index in [0.29, 0.717) is 22.1 Å². The number of aryl methyl sites for hydroxylation is 1. The van der Waals surface area contributed by atoms with Crippen molar-refractivity contribution < 1.29 is 4.79 Å². The summed E-state index contributed by atoms with van der Waals surface area (Å²) in [4.78, 5) is 11.8. The van der Waals surface area contributed by atoms with Gasteiger partial charge in [-0.05, 0) is 30.7 Å². The lowest BCUT2D eigenvalue weighted by molar-refractivity contribution is 0.102. The van der Waals surface area contributed by atoms with E-state index in [1.807, 2.05) is 6.92 Å². The molecule has 1 aromatic carbocycles. The number of nitrogens with one attached hydrogen (secondary N) is 2. The number of amides is 1. The number of aromatic amines is 1. The summed E-state index contributed by atoms with van der Waals surface area (Å²) in [5, 5.41) is 9.43. The summed E-state index contributed by atoms with van der Waals surface area (Å²) in [6.45, 7) is 1.84. The van der Waals surface area contributed by atoms with Gasteiger partial charge in [-0.2, -0.15) is 5.10 Å². The number of nitrogens with two attached hydrogens (primary N) is 1. The predicted molar refractivity (Wildman–Crippen MR) is 67.1 cm³/mol. The van der Waals surface area contributed by atoms with Gasteiger partial charge in [-0.25, -0.2) is 0 Å². The van der Waals surface area contributed by atoms with E-state index in [4.69, 9.17) is 17.3 Å². The molecule has 0 bridgehead atoms. The fourth-order valence-corrected chi connectivity index (χ4v) is 1.57. The molecular formula is C11H11ClN4O. The molecule has 0 saturated heterocycles. The number of hydrogen-bond acceptors (Lipinski definition) is 3. The Labute approximate surface area is 103 Å². The van der Waals surface area contributed by atoms with E-state index in [1.54, 1.807) is 18.2 Å². The second kappa shape index (κ2) is 4.47. The molecule has 88 valence electrons. The van der Waals surface area contributed by atoms with Gasteiger partial charge in [-0.15, -0.1) is 0 Å². The predicted octanol–water partition coefficient (Wildman–Crippen LogP) is 2.21. The number of benzene rings is 1. The summed E-state index contributed by atoms with van der Waals surface area (Å²) in [7, 11) is 0. The lowest BCUT2D eigenvalue weighted by Gasteiger charge is -2.09. The summed E-state index contributed by atoms with van der Waals surface area (Å²) in [6, 6.07) is 4.93. The topological polar surface area (TPSA) is 83.8 Å². The van der Waals surface area contributed by atoms with E-state index in [0.717, 1.165) is 5.56 Å². The molecule has 0 radical (unpaired) electrons. The average molecular weight is 251 g/mol. The van der Waals surface area contributed by atoms with Gasteiger partial charge < -0.3 is 11.1 Å². The van der Waals surface area contributed by atoms with Crippen molar-refractivity contribution in [3.05, 3.63) is 40.7 Å². The second-order valence-corrected chi connectivity index (χ2v) is 4.02. The van der Waals surface area contributed by atoms with E-state index in [9.17, 15) is 4.79 Å². The molecule has 0 fully saturated rings. The number of nitrogens with zero attached hydrogens (tertiary/aromatic N) is 1. The number of rotatable bonds is 2. The maximum absolute atomic E-state index is 11.8. The summed E-state index contributed by atoms with van der Waals surface area (Å²) in [6.07, 6.45) is 1.51. The normalized spacial score (nSPS) is 10.2. The van der Waals surface area contributed by atoms with Crippen LogP contribution < -0.4 is 11.1 Å². The van der Waals surface area contributed by atoms with Crippen LogP contribution in [0.5, 0.6) is 0 Å². The summed E-state index contributed by atoms with van der Waals surface area (Å²) >= 11 is 5.90. The summed E-state index contributed by atoms with van der Waals surface area (Å²) in [5.41, 5.74) is 8.01. The molecule has 4 N–H and O–H groups in total. The van der Waals surface area contributed by atoms with Gasteiger partial charge in [0, 0.05) is 11.9 Å². The quantitative estimate of drug-likeness (QED) is 0.715. The lowest BCUT2D eigenvalue weighted by Crippen LogP contribution is -2.13. The Kier molecular flexibility index (Phi) is 3.01. The van der Waals surface area contributed by atoms with Crippen LogP contribution in [0.4, 0.5) is 11.4 Å². The highest BCUT2D eigenvalue weighted by molar-refractivity contribution is 6.33. The Morgan fingerprint density at radius 1 is 1.53 bits per heavy atom. The van der Waals surface area contributed by atoms with Crippen LogP contribution in [0.15, 0.2) is 24.4 Å². The lowest BCUT2D eigenvalue weighted by atomic mass is 10.1. The molecule has 0 atom stereocenters. The number of carbonyl (C=O) groups excluding carboxylic acids is 1. The van der Waals surface area contributed by atoms with Crippen molar-refractivity contribution in [3.63, 3.8) is 0 Å². The van der Waals surface area contributed by atoms with Gasteiger partial charge in [0.2, 0.25) is 0 Å². The first-order valence-electron chi connectivity index (χ1n) is 4.94. The number of nitrogen functional groups attached to an aromatic ring is 1. The number of hydrogen-bond donors (Lipinski definition) is 3. The average Bonchev–Trinajstić information content (AvgIpc) is 2.79. The number of aromatic nitrogens is 2. The standard InChI is InChI=1S/C11H11ClN4O/c1-6-4-8(13)7(12)5-10(6)15-11(17)9-2-3-14-16-9/h2-5H,13H2,1H3,(H,14,16)(H,15,17). The zero-order valence-electron chi connectivity index (χ0n) is 9.12. The van der Waals surface area contributed by atoms with Gasteiger partial charge in [-0.3, -0.25) is 9.89 Å². The van der Waals surface area contributed by atoms with Crippen molar-refractivity contribution in [1.29, 1.82) is 0 Å². The third kappa shape index (κ3) is 2.39. The van der Waals surface area contributed by atoms with Crippen molar-refractivity contribution >= 4 is 28.9 Å². The van der Waals surface area contributed by atoms with Crippen LogP contribution in [0.25, 0.3) is 0 Å². The van der Waals surface area contributed by atoms with Crippen LogP contribution >= 0.6 is 11.6 Å². The van der Waals surface area contributed by atoms with E-state index in [-0.39, 0.29) is 5.91 Å². The zero-order valence-corrected chi connectivity index (χ0v) is 9.88. The molecule has 0 saturated carbocycles. The van der Waals surface area contributed by atoms with E-state index >= 15 is 0 Å². The van der Waals surface area contributed by atoms with Crippen molar-refractivity contribution in [3.8, 4) is 0 Å². The van der Waals surface area contributed by atoms with E-state index < -0.39 is 0 Å². The largest absolute Gasteiger partial charge is 0.398 e. The Bertz CT molecular complexity index is 551. The maximum Gasteiger partial charge on any atom is 0.273 e. The number of anilines is 2. The Hall–Kier alpha value is -2.01. The molecule has 17 heavy (non-hydrogen) atoms. The molecule has 5 nitrogen and oxygen atoms in total. The van der Waals surface area contributed by atoms with Gasteiger partial charge in [0.15, 0.2) is 0 Å². The van der Waals surface area contributed by atoms with Crippen LogP contribution in [0, 0.1) is 6.92 Å².